The van der Waals surface area contributed by atoms with Crippen LogP contribution in [0.2, 0.25) is 0 Å². The lowest BCUT2D eigenvalue weighted by atomic mass is 10.00. The molecule has 10 heteroatoms. The van der Waals surface area contributed by atoms with Gasteiger partial charge in [-0.3, -0.25) is 9.36 Å². The third-order valence-corrected chi connectivity index (χ3v) is 5.75. The molecule has 0 aliphatic carbocycles. The number of nitrogens with two attached hydrogens (primary N) is 1. The number of aromatic nitrogens is 3. The van der Waals surface area contributed by atoms with Crippen molar-refractivity contribution >= 4 is 28.1 Å². The number of halogens is 3. The van der Waals surface area contributed by atoms with Crippen molar-refractivity contribution in [2.75, 3.05) is 24.1 Å². The average molecular weight is 458 g/mol. The first-order valence-electron chi connectivity index (χ1n) is 10.6. The molecule has 1 atom stereocenters. The molecule has 3 heterocycles. The number of hydrogen-bond acceptors (Lipinski definition) is 6. The molecule has 0 radical (unpaired) electrons. The van der Waals surface area contributed by atoms with Gasteiger partial charge in [0.1, 0.15) is 17.3 Å². The molecule has 174 valence electrons. The van der Waals surface area contributed by atoms with Crippen LogP contribution >= 0.6 is 0 Å². The first kappa shape index (κ1) is 22.8. The fourth-order valence-electron chi connectivity index (χ4n) is 4.02. The van der Waals surface area contributed by atoms with Crippen molar-refractivity contribution in [1.82, 2.24) is 19.9 Å². The second-order valence-electron chi connectivity index (χ2n) is 8.21. The Kier molecular flexibility index (Phi) is 5.87. The number of alkyl halides is 3. The SMILES string of the molecule is Cc1nc(NC(C)c2cc(N)cc(C(F)(F)F)c2)c2cc(C3=CCNCC3)c(=O)n(C)c2n1. The van der Waals surface area contributed by atoms with Gasteiger partial charge in [-0.1, -0.05) is 6.08 Å². The summed E-state index contributed by atoms with van der Waals surface area (Å²) in [5, 5.41) is 7.04. The van der Waals surface area contributed by atoms with Crippen LogP contribution < -0.4 is 21.9 Å². The van der Waals surface area contributed by atoms with Crippen molar-refractivity contribution in [3.05, 3.63) is 63.2 Å². The Labute approximate surface area is 188 Å². The summed E-state index contributed by atoms with van der Waals surface area (Å²) in [4.78, 5) is 21.9. The van der Waals surface area contributed by atoms with Gasteiger partial charge in [0, 0.05) is 24.8 Å². The van der Waals surface area contributed by atoms with Gasteiger partial charge in [0.25, 0.3) is 5.56 Å². The lowest BCUT2D eigenvalue weighted by molar-refractivity contribution is -0.137. The van der Waals surface area contributed by atoms with E-state index < -0.39 is 17.8 Å². The summed E-state index contributed by atoms with van der Waals surface area (Å²) in [6, 6.07) is 4.72. The summed E-state index contributed by atoms with van der Waals surface area (Å²) in [5.74, 6) is 0.872. The third kappa shape index (κ3) is 4.56. The summed E-state index contributed by atoms with van der Waals surface area (Å²) in [6.45, 7) is 4.89. The standard InChI is InChI=1S/C23H25F3N6O/c1-12(15-8-16(23(24,25)26)10-17(27)9-15)29-20-19-11-18(14-4-6-28-7-5-14)22(33)32(3)21(19)31-13(2)30-20/h4,8-12,28H,5-7,27H2,1-3H3,(H,29,30,31). The monoisotopic (exact) mass is 458 g/mol. The molecular formula is C23H25F3N6O. The zero-order valence-electron chi connectivity index (χ0n) is 18.5. The van der Waals surface area contributed by atoms with Gasteiger partial charge in [-0.05, 0) is 62.2 Å². The number of nitrogens with zero attached hydrogens (tertiary/aromatic N) is 3. The van der Waals surface area contributed by atoms with Crippen LogP contribution in [0.15, 0.2) is 35.1 Å². The highest BCUT2D eigenvalue weighted by atomic mass is 19.4. The number of nitrogen functional groups attached to an aromatic ring is 1. The van der Waals surface area contributed by atoms with Gasteiger partial charge in [0.15, 0.2) is 0 Å². The van der Waals surface area contributed by atoms with Gasteiger partial charge in [0.05, 0.1) is 17.0 Å². The Balaban J connectivity index is 1.81. The van der Waals surface area contributed by atoms with Gasteiger partial charge in [-0.2, -0.15) is 13.2 Å². The van der Waals surface area contributed by atoms with E-state index in [1.807, 2.05) is 6.08 Å². The van der Waals surface area contributed by atoms with Gasteiger partial charge < -0.3 is 16.4 Å². The molecule has 0 saturated carbocycles. The Morgan fingerprint density at radius 2 is 1.97 bits per heavy atom. The molecule has 4 N–H and O–H groups in total. The predicted octanol–water partition coefficient (Wildman–Crippen LogP) is 3.79. The molecule has 1 aromatic carbocycles. The lowest BCUT2D eigenvalue weighted by Crippen LogP contribution is -2.26. The van der Waals surface area contributed by atoms with Gasteiger partial charge in [-0.15, -0.1) is 0 Å². The fraction of sp³-hybridized carbons (Fsp3) is 0.348. The summed E-state index contributed by atoms with van der Waals surface area (Å²) >= 11 is 0. The van der Waals surface area contributed by atoms with Crippen molar-refractivity contribution in [2.45, 2.75) is 32.5 Å². The molecular weight excluding hydrogens is 433 g/mol. The van der Waals surface area contributed by atoms with Gasteiger partial charge in [0.2, 0.25) is 0 Å². The molecule has 4 rings (SSSR count). The van der Waals surface area contributed by atoms with Gasteiger partial charge >= 0.3 is 6.18 Å². The fourth-order valence-corrected chi connectivity index (χ4v) is 4.02. The molecule has 7 nitrogen and oxygen atoms in total. The van der Waals surface area contributed by atoms with Crippen molar-refractivity contribution < 1.29 is 13.2 Å². The highest BCUT2D eigenvalue weighted by Crippen LogP contribution is 2.34. The first-order chi connectivity index (χ1) is 15.5. The van der Waals surface area contributed by atoms with E-state index in [0.717, 1.165) is 30.7 Å². The van der Waals surface area contributed by atoms with E-state index in [0.29, 0.717) is 40.3 Å². The zero-order chi connectivity index (χ0) is 23.9. The molecule has 0 spiro atoms. The normalized spacial score (nSPS) is 15.4. The Morgan fingerprint density at radius 3 is 2.64 bits per heavy atom. The second-order valence-corrected chi connectivity index (χ2v) is 8.21. The molecule has 1 aliphatic rings. The maximum absolute atomic E-state index is 13.3. The van der Waals surface area contributed by atoms with E-state index in [4.69, 9.17) is 5.73 Å². The summed E-state index contributed by atoms with van der Waals surface area (Å²) in [5.41, 5.74) is 7.14. The molecule has 0 amide bonds. The number of aryl methyl sites for hydroxylation is 2. The lowest BCUT2D eigenvalue weighted by Gasteiger charge is -2.20. The molecule has 0 saturated heterocycles. The maximum Gasteiger partial charge on any atom is 0.416 e. The summed E-state index contributed by atoms with van der Waals surface area (Å²) < 4.78 is 41.3. The van der Waals surface area contributed by atoms with Crippen LogP contribution in [0, 0.1) is 6.92 Å². The van der Waals surface area contributed by atoms with Crippen LogP contribution in [0.5, 0.6) is 0 Å². The predicted molar refractivity (Wildman–Crippen MR) is 123 cm³/mol. The van der Waals surface area contributed by atoms with Crippen LogP contribution in [0.1, 0.15) is 41.9 Å². The molecule has 2 aromatic heterocycles. The van der Waals surface area contributed by atoms with Crippen molar-refractivity contribution in [3.8, 4) is 0 Å². The number of pyridine rings is 1. The first-order valence-corrected chi connectivity index (χ1v) is 10.6. The van der Waals surface area contributed by atoms with E-state index in [1.165, 1.54) is 10.6 Å². The smallest absolute Gasteiger partial charge is 0.399 e. The molecule has 0 bridgehead atoms. The van der Waals surface area contributed by atoms with E-state index >= 15 is 0 Å². The zero-order valence-corrected chi connectivity index (χ0v) is 18.5. The Morgan fingerprint density at radius 1 is 1.21 bits per heavy atom. The maximum atomic E-state index is 13.3. The van der Waals surface area contributed by atoms with Crippen LogP contribution in [0.3, 0.4) is 0 Å². The number of hydrogen-bond donors (Lipinski definition) is 3. The number of fused-ring (bicyclic) bond motifs is 1. The highest BCUT2D eigenvalue weighted by Gasteiger charge is 2.31. The summed E-state index contributed by atoms with van der Waals surface area (Å²) in [6.07, 6.45) is -1.80. The van der Waals surface area contributed by atoms with E-state index in [2.05, 4.69) is 20.6 Å². The van der Waals surface area contributed by atoms with Crippen molar-refractivity contribution in [1.29, 1.82) is 0 Å². The van der Waals surface area contributed by atoms with Crippen molar-refractivity contribution in [3.63, 3.8) is 0 Å². The number of anilines is 2. The third-order valence-electron chi connectivity index (χ3n) is 5.75. The molecule has 33 heavy (non-hydrogen) atoms. The van der Waals surface area contributed by atoms with Crippen LogP contribution in [-0.4, -0.2) is 27.6 Å². The minimum absolute atomic E-state index is 0.0275. The van der Waals surface area contributed by atoms with Crippen LogP contribution in [-0.2, 0) is 13.2 Å². The average Bonchev–Trinajstić information content (AvgIpc) is 2.76. The largest absolute Gasteiger partial charge is 0.416 e. The molecule has 1 aliphatic heterocycles. The molecule has 1 unspecified atom stereocenters. The topological polar surface area (TPSA) is 97.9 Å². The van der Waals surface area contributed by atoms with Crippen LogP contribution in [0.4, 0.5) is 24.7 Å². The number of benzene rings is 1. The van der Waals surface area contributed by atoms with Crippen LogP contribution in [0.25, 0.3) is 16.6 Å². The second kappa shape index (κ2) is 8.51. The molecule has 3 aromatic rings. The number of nitrogens with one attached hydrogen (secondary N) is 2. The minimum Gasteiger partial charge on any atom is -0.399 e. The molecule has 0 fully saturated rings. The highest BCUT2D eigenvalue weighted by molar-refractivity contribution is 5.89. The van der Waals surface area contributed by atoms with E-state index in [9.17, 15) is 18.0 Å². The summed E-state index contributed by atoms with van der Waals surface area (Å²) in [7, 11) is 1.66. The van der Waals surface area contributed by atoms with E-state index in [1.54, 1.807) is 27.0 Å². The van der Waals surface area contributed by atoms with Crippen molar-refractivity contribution in [2.24, 2.45) is 7.05 Å². The Bertz CT molecular complexity index is 1310. The minimum atomic E-state index is -4.50. The van der Waals surface area contributed by atoms with Gasteiger partial charge in [-0.25, -0.2) is 9.97 Å². The van der Waals surface area contributed by atoms with E-state index in [-0.39, 0.29) is 11.2 Å². The quantitative estimate of drug-likeness (QED) is 0.515. The number of rotatable bonds is 4. The Hall–Kier alpha value is -3.40.